The molecular formula is C42H55N5O7S. The van der Waals surface area contributed by atoms with Crippen LogP contribution in [0.5, 0.6) is 0 Å². The first-order valence-corrected chi connectivity index (χ1v) is 20.5. The van der Waals surface area contributed by atoms with Crippen molar-refractivity contribution in [2.24, 2.45) is 0 Å². The van der Waals surface area contributed by atoms with E-state index >= 15 is 0 Å². The van der Waals surface area contributed by atoms with E-state index in [-0.39, 0.29) is 29.9 Å². The van der Waals surface area contributed by atoms with Crippen LogP contribution in [0.2, 0.25) is 0 Å². The molecule has 8 bridgehead atoms. The van der Waals surface area contributed by atoms with Crippen LogP contribution in [0.4, 0.5) is 0 Å². The number of aliphatic hydroxyl groups excluding tert-OH is 4. The molecule has 12 nitrogen and oxygen atoms in total. The standard InChI is InChI=1S/C42H55N5O7S/c1-9-26-23(5)32-19-35-27(10-2)22(4)31(44-35)18-33-24(6)28(38(46-33)25(7)30-16-21(3)29(43-30)17-34(26)45-32)12-13-37(49)47(8)14-11-15-55(53)42-41(52)40(51)39(50)36(20-48)54-42/h10,16-19,24,28,36,39-44,48,50-52H,2,9,11-15,20H2,1,3-8H3/t24-,28-,36+,39+,40-,41+,42-,55?/m0/s1. The highest BCUT2D eigenvalue weighted by molar-refractivity contribution is 7.85. The average molecular weight is 774 g/mol. The van der Waals surface area contributed by atoms with Crippen molar-refractivity contribution in [3.63, 3.8) is 0 Å². The maximum absolute atomic E-state index is 13.5. The summed E-state index contributed by atoms with van der Waals surface area (Å²) in [5.74, 6) is 0.0483. The maximum atomic E-state index is 13.5. The molecule has 1 saturated heterocycles. The second-order valence-corrected chi connectivity index (χ2v) is 16.8. The zero-order chi connectivity index (χ0) is 39.9. The Labute approximate surface area is 324 Å². The molecular weight excluding hydrogens is 719 g/mol. The molecule has 6 heterocycles. The number of amides is 1. The number of hydrogen-bond donors (Lipinski definition) is 6. The highest BCUT2D eigenvalue weighted by Crippen LogP contribution is 2.42. The number of rotatable bonds is 11. The van der Waals surface area contributed by atoms with Gasteiger partial charge in [-0.15, -0.1) is 0 Å². The van der Waals surface area contributed by atoms with Crippen molar-refractivity contribution in [2.75, 3.05) is 26.0 Å². The number of H-pyrrole nitrogens is 2. The van der Waals surface area contributed by atoms with Crippen LogP contribution in [-0.2, 0) is 20.3 Å². The third-order valence-electron chi connectivity index (χ3n) is 11.7. The van der Waals surface area contributed by atoms with Crippen LogP contribution in [-0.4, -0.2) is 111 Å². The summed E-state index contributed by atoms with van der Waals surface area (Å²) in [7, 11) is -0.0130. The van der Waals surface area contributed by atoms with Crippen LogP contribution in [0.1, 0.15) is 103 Å². The molecule has 3 aromatic rings. The topological polar surface area (TPSA) is 185 Å². The smallest absolute Gasteiger partial charge is 0.222 e. The van der Waals surface area contributed by atoms with E-state index in [0.29, 0.717) is 19.4 Å². The molecule has 0 aliphatic carbocycles. The van der Waals surface area contributed by atoms with Gasteiger partial charge in [0.1, 0.15) is 24.4 Å². The molecule has 6 N–H and O–H groups in total. The number of nitrogens with one attached hydrogen (secondary N) is 2. The van der Waals surface area contributed by atoms with E-state index in [1.165, 1.54) is 5.57 Å². The molecule has 55 heavy (non-hydrogen) atoms. The summed E-state index contributed by atoms with van der Waals surface area (Å²) in [5.41, 5.74) is 13.0. The fraction of sp³-hybridized carbons (Fsp3) is 0.500. The number of aliphatic hydroxyl groups is 4. The Balaban J connectivity index is 1.27. The Morgan fingerprint density at radius 3 is 2.35 bits per heavy atom. The van der Waals surface area contributed by atoms with Gasteiger partial charge >= 0.3 is 0 Å². The third kappa shape index (κ3) is 7.88. The summed E-state index contributed by atoms with van der Waals surface area (Å²) < 4.78 is 18.5. The number of carbonyl (C=O) groups is 1. The first kappa shape index (κ1) is 40.7. The minimum Gasteiger partial charge on any atom is -0.394 e. The number of carbonyl (C=O) groups excluding carboxylic acids is 1. The predicted molar refractivity (Wildman–Crippen MR) is 218 cm³/mol. The summed E-state index contributed by atoms with van der Waals surface area (Å²) in [5, 5.41) is 40.0. The Kier molecular flexibility index (Phi) is 12.3. The number of aromatic amines is 2. The number of nitrogens with zero attached hydrogens (tertiary/aromatic N) is 3. The lowest BCUT2D eigenvalue weighted by Gasteiger charge is -2.39. The van der Waals surface area contributed by atoms with Crippen molar-refractivity contribution >= 4 is 56.0 Å². The van der Waals surface area contributed by atoms with Crippen LogP contribution in [0.25, 0.3) is 39.3 Å². The van der Waals surface area contributed by atoms with Crippen molar-refractivity contribution in [1.29, 1.82) is 0 Å². The van der Waals surface area contributed by atoms with Gasteiger partial charge in [-0.2, -0.15) is 0 Å². The molecule has 1 amide bonds. The van der Waals surface area contributed by atoms with Crippen molar-refractivity contribution in [2.45, 2.75) is 109 Å². The number of aromatic nitrogens is 4. The molecule has 6 rings (SSSR count). The molecule has 3 aromatic heterocycles. The minimum absolute atomic E-state index is 0.0253. The largest absolute Gasteiger partial charge is 0.394 e. The maximum Gasteiger partial charge on any atom is 0.222 e. The molecule has 1 unspecified atom stereocenters. The molecule has 1 fully saturated rings. The van der Waals surface area contributed by atoms with Crippen LogP contribution >= 0.6 is 0 Å². The minimum atomic E-state index is -1.73. The zero-order valence-corrected chi connectivity index (χ0v) is 33.7. The van der Waals surface area contributed by atoms with Crippen LogP contribution in [0, 0.1) is 20.8 Å². The quantitative estimate of drug-likeness (QED) is 0.151. The van der Waals surface area contributed by atoms with E-state index in [1.807, 2.05) is 6.08 Å². The van der Waals surface area contributed by atoms with Crippen molar-refractivity contribution < 1.29 is 34.2 Å². The van der Waals surface area contributed by atoms with Crippen molar-refractivity contribution in [3.8, 4) is 0 Å². The van der Waals surface area contributed by atoms with E-state index < -0.39 is 47.3 Å². The lowest BCUT2D eigenvalue weighted by molar-refractivity contribution is -0.206. The second kappa shape index (κ2) is 16.6. The van der Waals surface area contributed by atoms with Crippen LogP contribution < -0.4 is 0 Å². The second-order valence-electron chi connectivity index (χ2n) is 15.2. The monoisotopic (exact) mass is 773 g/mol. The highest BCUT2D eigenvalue weighted by atomic mass is 32.2. The Morgan fingerprint density at radius 2 is 1.65 bits per heavy atom. The normalized spacial score (nSPS) is 24.6. The number of hydrogen-bond acceptors (Lipinski definition) is 9. The summed E-state index contributed by atoms with van der Waals surface area (Å²) in [6.45, 7) is 16.6. The van der Waals surface area contributed by atoms with E-state index in [0.717, 1.165) is 79.1 Å². The first-order chi connectivity index (χ1) is 26.2. The summed E-state index contributed by atoms with van der Waals surface area (Å²) in [4.78, 5) is 32.8. The summed E-state index contributed by atoms with van der Waals surface area (Å²) >= 11 is 0. The third-order valence-corrected chi connectivity index (χ3v) is 13.3. The van der Waals surface area contributed by atoms with E-state index in [4.69, 9.17) is 14.7 Å². The molecule has 296 valence electrons. The van der Waals surface area contributed by atoms with Gasteiger partial charge in [0.2, 0.25) is 5.91 Å². The van der Waals surface area contributed by atoms with Gasteiger partial charge in [0.15, 0.2) is 5.44 Å². The molecule has 0 radical (unpaired) electrons. The summed E-state index contributed by atoms with van der Waals surface area (Å²) in [6, 6.07) is 8.53. The molecule has 0 saturated carbocycles. The van der Waals surface area contributed by atoms with Gasteiger partial charge in [-0.05, 0) is 99.1 Å². The predicted octanol–water partition coefficient (Wildman–Crippen LogP) is 5.29. The van der Waals surface area contributed by atoms with Gasteiger partial charge in [-0.1, -0.05) is 26.5 Å². The Bertz CT molecular complexity index is 2190. The van der Waals surface area contributed by atoms with Gasteiger partial charge in [0, 0.05) is 76.6 Å². The van der Waals surface area contributed by atoms with Gasteiger partial charge in [0.25, 0.3) is 0 Å². The summed E-state index contributed by atoms with van der Waals surface area (Å²) in [6.07, 6.45) is -1.82. The van der Waals surface area contributed by atoms with E-state index in [2.05, 4.69) is 82.4 Å². The lowest BCUT2D eigenvalue weighted by atomic mass is 9.86. The van der Waals surface area contributed by atoms with Crippen molar-refractivity contribution in [3.05, 3.63) is 75.9 Å². The van der Waals surface area contributed by atoms with Crippen LogP contribution in [0.15, 0.2) is 30.8 Å². The van der Waals surface area contributed by atoms with Gasteiger partial charge < -0.3 is 40.0 Å². The number of aryl methyl sites for hydroxylation is 3. The fourth-order valence-corrected chi connectivity index (χ4v) is 9.50. The van der Waals surface area contributed by atoms with Gasteiger partial charge in [-0.25, -0.2) is 4.98 Å². The Hall–Kier alpha value is -3.98. The molecule has 13 heteroatoms. The van der Waals surface area contributed by atoms with Crippen molar-refractivity contribution in [1.82, 2.24) is 24.8 Å². The molecule has 3 aliphatic heterocycles. The van der Waals surface area contributed by atoms with Gasteiger partial charge in [0.05, 0.1) is 28.8 Å². The van der Waals surface area contributed by atoms with E-state index in [1.54, 1.807) is 11.9 Å². The first-order valence-electron chi connectivity index (χ1n) is 19.1. The van der Waals surface area contributed by atoms with E-state index in [9.17, 15) is 29.4 Å². The lowest BCUT2D eigenvalue weighted by Crippen LogP contribution is -2.59. The number of fused-ring (bicyclic) bond motifs is 8. The highest BCUT2D eigenvalue weighted by Gasteiger charge is 2.45. The Morgan fingerprint density at radius 1 is 0.964 bits per heavy atom. The molecule has 0 spiro atoms. The van der Waals surface area contributed by atoms with Crippen LogP contribution in [0.3, 0.4) is 0 Å². The SMILES string of the molecule is C=Cc1c(C)c2cc3nc(c(C)c4cc(C)c(cc5nc(cc1[nH]2)C(C)=C5CC)[nH]4)[C@@H](CCC(=O)N(C)CCCS(=O)[C@@H]1O[C@H](CO)[C@@H](O)[C@H](O)[C@H]1O)[C@@H]3C. The number of ether oxygens (including phenoxy) is 1. The molecule has 8 atom stereocenters. The molecule has 3 aliphatic rings. The average Bonchev–Trinajstić information content (AvgIpc) is 3.87. The fourth-order valence-electron chi connectivity index (χ4n) is 8.11. The zero-order valence-electron chi connectivity index (χ0n) is 32.8. The number of allylic oxidation sites excluding steroid dienone is 2. The molecule has 0 aromatic carbocycles. The van der Waals surface area contributed by atoms with Gasteiger partial charge in [-0.3, -0.25) is 14.0 Å².